The molecular formula is C21H30O5. The number of fused-ring (bicyclic) bond motifs is 5. The standard InChI is InChI=1S/C21H30O5/c1-19-6-5-13(23)9-12(19)3-4-14-15-10-17(25)21(26,7-8-22)20(15,2)11-16(24)18(14)19/h5-6,9,14-18,22,24-26H,3-4,7-8,10-11H2,1-2H3/t14-,15-,16-,17+,18+,19-,20-,21+/m0/s1. The number of hydrogen-bond donors (Lipinski definition) is 4. The summed E-state index contributed by atoms with van der Waals surface area (Å²) in [6.07, 6.45) is 6.47. The Morgan fingerprint density at radius 2 is 2.00 bits per heavy atom. The van der Waals surface area contributed by atoms with E-state index < -0.39 is 23.2 Å². The first-order valence-corrected chi connectivity index (χ1v) is 9.81. The summed E-state index contributed by atoms with van der Waals surface area (Å²) in [6.45, 7) is 3.89. The molecule has 0 aromatic carbocycles. The minimum Gasteiger partial charge on any atom is -0.396 e. The molecule has 5 heteroatoms. The van der Waals surface area contributed by atoms with E-state index in [1.165, 1.54) is 0 Å². The Balaban J connectivity index is 1.75. The molecule has 8 atom stereocenters. The van der Waals surface area contributed by atoms with Crippen molar-refractivity contribution in [2.45, 2.75) is 63.8 Å². The quantitative estimate of drug-likeness (QED) is 0.594. The van der Waals surface area contributed by atoms with Crippen LogP contribution >= 0.6 is 0 Å². The van der Waals surface area contributed by atoms with Gasteiger partial charge in [0.05, 0.1) is 17.8 Å². The van der Waals surface area contributed by atoms with Gasteiger partial charge in [-0.05, 0) is 49.7 Å². The Hall–Kier alpha value is -1.01. The van der Waals surface area contributed by atoms with Gasteiger partial charge < -0.3 is 20.4 Å². The van der Waals surface area contributed by atoms with Gasteiger partial charge in [0.25, 0.3) is 0 Å². The van der Waals surface area contributed by atoms with Gasteiger partial charge in [-0.2, -0.15) is 0 Å². The molecule has 26 heavy (non-hydrogen) atoms. The molecule has 0 aliphatic heterocycles. The third-order valence-electron chi connectivity index (χ3n) is 8.40. The van der Waals surface area contributed by atoms with Crippen molar-refractivity contribution >= 4 is 5.78 Å². The van der Waals surface area contributed by atoms with Crippen molar-refractivity contribution in [3.8, 4) is 0 Å². The summed E-state index contributed by atoms with van der Waals surface area (Å²) in [6, 6.07) is 0. The first kappa shape index (κ1) is 18.4. The summed E-state index contributed by atoms with van der Waals surface area (Å²) < 4.78 is 0. The van der Waals surface area contributed by atoms with Crippen molar-refractivity contribution in [1.82, 2.24) is 0 Å². The van der Waals surface area contributed by atoms with Gasteiger partial charge in [-0.3, -0.25) is 4.79 Å². The van der Waals surface area contributed by atoms with Crippen molar-refractivity contribution in [3.63, 3.8) is 0 Å². The lowest BCUT2D eigenvalue weighted by Gasteiger charge is -2.59. The molecule has 0 amide bonds. The SMILES string of the molecule is C[C@]12C=CC(=O)C=C1CC[C@@H]1[C@@H]2[C@@H](O)C[C@@]2(C)[C@H]1C[C@@H](O)[C@]2(O)CCO. The normalized spacial score (nSPS) is 52.9. The Morgan fingerprint density at radius 1 is 1.27 bits per heavy atom. The van der Waals surface area contributed by atoms with Crippen molar-refractivity contribution in [2.75, 3.05) is 6.61 Å². The largest absolute Gasteiger partial charge is 0.396 e. The Kier molecular flexibility index (Phi) is 4.05. The number of aliphatic hydroxyl groups is 4. The maximum atomic E-state index is 11.8. The summed E-state index contributed by atoms with van der Waals surface area (Å²) in [4.78, 5) is 11.8. The van der Waals surface area contributed by atoms with E-state index in [9.17, 15) is 25.2 Å². The highest BCUT2D eigenvalue weighted by atomic mass is 16.3. The predicted molar refractivity (Wildman–Crippen MR) is 96.0 cm³/mol. The zero-order valence-corrected chi connectivity index (χ0v) is 15.6. The van der Waals surface area contributed by atoms with Gasteiger partial charge in [0.15, 0.2) is 5.78 Å². The topological polar surface area (TPSA) is 98.0 Å². The van der Waals surface area contributed by atoms with Crippen molar-refractivity contribution in [1.29, 1.82) is 0 Å². The average molecular weight is 362 g/mol. The van der Waals surface area contributed by atoms with E-state index in [1.54, 1.807) is 12.2 Å². The molecule has 144 valence electrons. The molecule has 0 radical (unpaired) electrons. The Morgan fingerprint density at radius 3 is 2.69 bits per heavy atom. The predicted octanol–water partition coefficient (Wildman–Crippen LogP) is 1.35. The minimum absolute atomic E-state index is 0.0136. The molecule has 0 spiro atoms. The molecule has 0 unspecified atom stereocenters. The summed E-state index contributed by atoms with van der Waals surface area (Å²) in [5.41, 5.74) is -1.24. The van der Waals surface area contributed by atoms with Gasteiger partial charge in [-0.25, -0.2) is 0 Å². The molecule has 0 aromatic heterocycles. The van der Waals surface area contributed by atoms with E-state index in [4.69, 9.17) is 0 Å². The maximum Gasteiger partial charge on any atom is 0.178 e. The second kappa shape index (κ2) is 5.74. The number of allylic oxidation sites excluding steroid dienone is 4. The molecule has 4 N–H and O–H groups in total. The second-order valence-electron chi connectivity index (χ2n) is 9.36. The van der Waals surface area contributed by atoms with Crippen LogP contribution in [0.2, 0.25) is 0 Å². The lowest BCUT2D eigenvalue weighted by Crippen LogP contribution is -2.60. The fourth-order valence-electron chi connectivity index (χ4n) is 7.04. The number of rotatable bonds is 2. The number of ketones is 1. The lowest BCUT2D eigenvalue weighted by molar-refractivity contribution is -0.185. The Bertz CT molecular complexity index is 684. The summed E-state index contributed by atoms with van der Waals surface area (Å²) in [5, 5.41) is 42.6. The van der Waals surface area contributed by atoms with E-state index in [0.29, 0.717) is 12.8 Å². The molecule has 0 aromatic rings. The van der Waals surface area contributed by atoms with Gasteiger partial charge in [0, 0.05) is 29.8 Å². The molecule has 0 heterocycles. The first-order chi connectivity index (χ1) is 12.2. The first-order valence-electron chi connectivity index (χ1n) is 9.81. The number of aliphatic hydroxyl groups excluding tert-OH is 3. The van der Waals surface area contributed by atoms with E-state index in [-0.39, 0.29) is 42.0 Å². The van der Waals surface area contributed by atoms with Crippen LogP contribution in [0.25, 0.3) is 0 Å². The highest BCUT2D eigenvalue weighted by Crippen LogP contribution is 2.67. The molecule has 3 saturated carbocycles. The fourth-order valence-corrected chi connectivity index (χ4v) is 7.04. The molecule has 0 saturated heterocycles. The monoisotopic (exact) mass is 362 g/mol. The van der Waals surface area contributed by atoms with Crippen LogP contribution in [0, 0.1) is 28.6 Å². The van der Waals surface area contributed by atoms with Gasteiger partial charge in [-0.1, -0.05) is 25.5 Å². The van der Waals surface area contributed by atoms with Gasteiger partial charge in [0.1, 0.15) is 0 Å². The van der Waals surface area contributed by atoms with E-state index in [2.05, 4.69) is 6.92 Å². The highest BCUT2D eigenvalue weighted by molar-refractivity contribution is 6.01. The van der Waals surface area contributed by atoms with E-state index in [0.717, 1.165) is 18.4 Å². The van der Waals surface area contributed by atoms with Crippen LogP contribution in [0.15, 0.2) is 23.8 Å². The van der Waals surface area contributed by atoms with Crippen LogP contribution in [0.1, 0.15) is 46.0 Å². The zero-order chi connectivity index (χ0) is 18.9. The van der Waals surface area contributed by atoms with Crippen LogP contribution in [0.5, 0.6) is 0 Å². The van der Waals surface area contributed by atoms with Crippen molar-refractivity contribution in [3.05, 3.63) is 23.8 Å². The fraction of sp³-hybridized carbons (Fsp3) is 0.762. The van der Waals surface area contributed by atoms with Crippen LogP contribution in [0.3, 0.4) is 0 Å². The summed E-state index contributed by atoms with van der Waals surface area (Å²) in [7, 11) is 0. The zero-order valence-electron chi connectivity index (χ0n) is 15.6. The summed E-state index contributed by atoms with van der Waals surface area (Å²) >= 11 is 0. The minimum atomic E-state index is -1.37. The number of carbonyl (C=O) groups excluding carboxylic acids is 1. The maximum absolute atomic E-state index is 11.8. The molecule has 0 bridgehead atoms. The number of hydrogen-bond acceptors (Lipinski definition) is 5. The third-order valence-corrected chi connectivity index (χ3v) is 8.40. The molecule has 5 nitrogen and oxygen atoms in total. The van der Waals surface area contributed by atoms with E-state index >= 15 is 0 Å². The van der Waals surface area contributed by atoms with Crippen molar-refractivity contribution < 1.29 is 25.2 Å². The second-order valence-corrected chi connectivity index (χ2v) is 9.36. The lowest BCUT2D eigenvalue weighted by atomic mass is 9.46. The summed E-state index contributed by atoms with van der Waals surface area (Å²) in [5.74, 6) is 0.256. The molecular weight excluding hydrogens is 332 g/mol. The molecule has 4 aliphatic carbocycles. The highest BCUT2D eigenvalue weighted by Gasteiger charge is 2.68. The molecule has 4 aliphatic rings. The van der Waals surface area contributed by atoms with Crippen LogP contribution in [-0.4, -0.2) is 50.6 Å². The molecule has 3 fully saturated rings. The molecule has 4 rings (SSSR count). The third kappa shape index (κ3) is 2.15. The van der Waals surface area contributed by atoms with E-state index in [1.807, 2.05) is 13.0 Å². The van der Waals surface area contributed by atoms with Crippen LogP contribution in [-0.2, 0) is 4.79 Å². The van der Waals surface area contributed by atoms with Gasteiger partial charge >= 0.3 is 0 Å². The number of carbonyl (C=O) groups is 1. The van der Waals surface area contributed by atoms with Crippen LogP contribution in [0.4, 0.5) is 0 Å². The van der Waals surface area contributed by atoms with Crippen molar-refractivity contribution in [2.24, 2.45) is 28.6 Å². The van der Waals surface area contributed by atoms with Gasteiger partial charge in [-0.15, -0.1) is 0 Å². The van der Waals surface area contributed by atoms with Crippen LogP contribution < -0.4 is 0 Å². The smallest absolute Gasteiger partial charge is 0.178 e. The average Bonchev–Trinajstić information content (AvgIpc) is 2.76. The van der Waals surface area contributed by atoms with Gasteiger partial charge in [0.2, 0.25) is 0 Å². The Labute approximate surface area is 154 Å².